The maximum absolute atomic E-state index is 11.7. The molecule has 1 aromatic carbocycles. The summed E-state index contributed by atoms with van der Waals surface area (Å²) in [7, 11) is 0. The van der Waals surface area contributed by atoms with Gasteiger partial charge in [0, 0.05) is 5.69 Å². The third-order valence-electron chi connectivity index (χ3n) is 3.77. The number of rotatable bonds is 4. The third-order valence-corrected chi connectivity index (χ3v) is 3.77. The van der Waals surface area contributed by atoms with Gasteiger partial charge < -0.3 is 11.1 Å². The number of nitrogens with one attached hydrogen (secondary N) is 1. The van der Waals surface area contributed by atoms with Crippen LogP contribution in [0, 0.1) is 5.92 Å². The maximum atomic E-state index is 11.7. The predicted octanol–water partition coefficient (Wildman–Crippen LogP) is 2.92. The van der Waals surface area contributed by atoms with Gasteiger partial charge in [-0.3, -0.25) is 4.79 Å². The fraction of sp³-hybridized carbons (Fsp3) is 0.533. The molecule has 0 aromatic heterocycles. The molecule has 0 radical (unpaired) electrons. The lowest BCUT2D eigenvalue weighted by Crippen LogP contribution is -2.41. The molecule has 1 unspecified atom stereocenters. The number of amides is 1. The molecule has 0 aliphatic heterocycles. The average Bonchev–Trinajstić information content (AvgIpc) is 2.65. The first kappa shape index (κ1) is 12.9. The Labute approximate surface area is 109 Å². The fourth-order valence-corrected chi connectivity index (χ4v) is 2.78. The zero-order chi connectivity index (χ0) is 12.8. The molecule has 98 valence electrons. The number of nitrogens with two attached hydrogens (primary N) is 1. The van der Waals surface area contributed by atoms with Crippen molar-refractivity contribution < 1.29 is 4.79 Å². The van der Waals surface area contributed by atoms with Crippen LogP contribution in [0.1, 0.15) is 38.5 Å². The Hall–Kier alpha value is -1.51. The van der Waals surface area contributed by atoms with Crippen molar-refractivity contribution in [2.45, 2.75) is 44.6 Å². The summed E-state index contributed by atoms with van der Waals surface area (Å²) >= 11 is 0. The van der Waals surface area contributed by atoms with Crippen molar-refractivity contribution in [1.29, 1.82) is 0 Å². The van der Waals surface area contributed by atoms with E-state index in [2.05, 4.69) is 5.32 Å². The van der Waals surface area contributed by atoms with Crippen molar-refractivity contribution in [2.75, 3.05) is 5.32 Å². The van der Waals surface area contributed by atoms with Crippen molar-refractivity contribution in [2.24, 2.45) is 11.7 Å². The van der Waals surface area contributed by atoms with E-state index in [1.807, 2.05) is 30.3 Å². The van der Waals surface area contributed by atoms with Crippen LogP contribution in [0.5, 0.6) is 0 Å². The number of carbonyl (C=O) groups excluding carboxylic acids is 1. The van der Waals surface area contributed by atoms with E-state index in [0.29, 0.717) is 5.92 Å². The Morgan fingerprint density at radius 2 is 1.72 bits per heavy atom. The largest absolute Gasteiger partial charge is 0.373 e. The van der Waals surface area contributed by atoms with Crippen molar-refractivity contribution in [3.05, 3.63) is 30.3 Å². The van der Waals surface area contributed by atoms with Crippen LogP contribution in [-0.4, -0.2) is 11.9 Å². The van der Waals surface area contributed by atoms with Crippen LogP contribution in [0.15, 0.2) is 30.3 Å². The number of anilines is 1. The molecular formula is C15H22N2O. The standard InChI is InChI=1S/C15H22N2O/c16-15(18)14(12-8-4-1-2-5-9-12)17-13-10-6-3-7-11-13/h3,6-7,10-12,14,17H,1-2,4-5,8-9H2,(H2,16,18). The molecule has 1 aliphatic carbocycles. The molecule has 0 heterocycles. The van der Waals surface area contributed by atoms with E-state index in [4.69, 9.17) is 5.73 Å². The van der Waals surface area contributed by atoms with Crippen LogP contribution >= 0.6 is 0 Å². The number of hydrogen-bond donors (Lipinski definition) is 2. The van der Waals surface area contributed by atoms with Crippen molar-refractivity contribution >= 4 is 11.6 Å². The number of primary amides is 1. The van der Waals surface area contributed by atoms with Crippen LogP contribution < -0.4 is 11.1 Å². The van der Waals surface area contributed by atoms with Crippen LogP contribution in [0.4, 0.5) is 5.69 Å². The molecular weight excluding hydrogens is 224 g/mol. The minimum atomic E-state index is -0.231. The van der Waals surface area contributed by atoms with Crippen molar-refractivity contribution in [1.82, 2.24) is 0 Å². The lowest BCUT2D eigenvalue weighted by Gasteiger charge is -2.25. The normalized spacial score (nSPS) is 18.9. The maximum Gasteiger partial charge on any atom is 0.240 e. The summed E-state index contributed by atoms with van der Waals surface area (Å²) in [5, 5.41) is 3.30. The molecule has 3 heteroatoms. The van der Waals surface area contributed by atoms with Crippen molar-refractivity contribution in [3.63, 3.8) is 0 Å². The highest BCUT2D eigenvalue weighted by atomic mass is 16.1. The van der Waals surface area contributed by atoms with E-state index in [0.717, 1.165) is 18.5 Å². The molecule has 0 saturated heterocycles. The Morgan fingerprint density at radius 1 is 1.11 bits per heavy atom. The first-order chi connectivity index (χ1) is 8.77. The highest BCUT2D eigenvalue weighted by Crippen LogP contribution is 2.27. The first-order valence-corrected chi connectivity index (χ1v) is 6.88. The Bertz CT molecular complexity index is 369. The van der Waals surface area contributed by atoms with Crippen LogP contribution in [-0.2, 0) is 4.79 Å². The topological polar surface area (TPSA) is 55.1 Å². The van der Waals surface area contributed by atoms with E-state index < -0.39 is 0 Å². The van der Waals surface area contributed by atoms with E-state index in [9.17, 15) is 4.79 Å². The summed E-state index contributed by atoms with van der Waals surface area (Å²) in [6.45, 7) is 0. The monoisotopic (exact) mass is 246 g/mol. The van der Waals surface area contributed by atoms with E-state index in [1.165, 1.54) is 25.7 Å². The van der Waals surface area contributed by atoms with E-state index in [-0.39, 0.29) is 11.9 Å². The van der Waals surface area contributed by atoms with Gasteiger partial charge in [-0.1, -0.05) is 43.9 Å². The van der Waals surface area contributed by atoms with E-state index in [1.54, 1.807) is 0 Å². The van der Waals surface area contributed by atoms with Gasteiger partial charge in [0.15, 0.2) is 0 Å². The van der Waals surface area contributed by atoms with Crippen LogP contribution in [0.2, 0.25) is 0 Å². The molecule has 1 aliphatic rings. The second-order valence-corrected chi connectivity index (χ2v) is 5.14. The lowest BCUT2D eigenvalue weighted by atomic mass is 9.91. The minimum Gasteiger partial charge on any atom is -0.373 e. The highest BCUT2D eigenvalue weighted by Gasteiger charge is 2.26. The summed E-state index contributed by atoms with van der Waals surface area (Å²) in [5.74, 6) is 0.149. The molecule has 1 aromatic rings. The fourth-order valence-electron chi connectivity index (χ4n) is 2.78. The third kappa shape index (κ3) is 3.49. The molecule has 1 fully saturated rings. The van der Waals surface area contributed by atoms with Gasteiger partial charge in [-0.2, -0.15) is 0 Å². The smallest absolute Gasteiger partial charge is 0.240 e. The Kier molecular flexibility index (Phi) is 4.62. The van der Waals surface area contributed by atoms with Crippen molar-refractivity contribution in [3.8, 4) is 0 Å². The quantitative estimate of drug-likeness (QED) is 0.803. The number of hydrogen-bond acceptors (Lipinski definition) is 2. The Balaban J connectivity index is 2.05. The second kappa shape index (κ2) is 6.43. The van der Waals surface area contributed by atoms with Gasteiger partial charge >= 0.3 is 0 Å². The molecule has 0 spiro atoms. The molecule has 3 N–H and O–H groups in total. The summed E-state index contributed by atoms with van der Waals surface area (Å²) < 4.78 is 0. The van der Waals surface area contributed by atoms with Gasteiger partial charge in [-0.05, 0) is 30.9 Å². The molecule has 18 heavy (non-hydrogen) atoms. The van der Waals surface area contributed by atoms with E-state index >= 15 is 0 Å². The summed E-state index contributed by atoms with van der Waals surface area (Å²) in [6, 6.07) is 9.63. The van der Waals surface area contributed by atoms with Gasteiger partial charge in [0.1, 0.15) is 6.04 Å². The second-order valence-electron chi connectivity index (χ2n) is 5.14. The molecule has 1 atom stereocenters. The van der Waals surface area contributed by atoms with Gasteiger partial charge in [-0.15, -0.1) is 0 Å². The summed E-state index contributed by atoms with van der Waals surface area (Å²) in [6.07, 6.45) is 7.21. The number of benzene rings is 1. The van der Waals surface area contributed by atoms with Gasteiger partial charge in [0.25, 0.3) is 0 Å². The summed E-state index contributed by atoms with van der Waals surface area (Å²) in [5.41, 5.74) is 6.54. The zero-order valence-electron chi connectivity index (χ0n) is 10.8. The number of para-hydroxylation sites is 1. The molecule has 0 bridgehead atoms. The molecule has 1 amide bonds. The van der Waals surface area contributed by atoms with Crippen LogP contribution in [0.25, 0.3) is 0 Å². The molecule has 1 saturated carbocycles. The Morgan fingerprint density at radius 3 is 2.28 bits per heavy atom. The lowest BCUT2D eigenvalue weighted by molar-refractivity contribution is -0.119. The van der Waals surface area contributed by atoms with Gasteiger partial charge in [0.2, 0.25) is 5.91 Å². The molecule has 2 rings (SSSR count). The highest BCUT2D eigenvalue weighted by molar-refractivity contribution is 5.83. The minimum absolute atomic E-state index is 0.231. The van der Waals surface area contributed by atoms with Crippen LogP contribution in [0.3, 0.4) is 0 Å². The molecule has 3 nitrogen and oxygen atoms in total. The summed E-state index contributed by atoms with van der Waals surface area (Å²) in [4.78, 5) is 11.7. The first-order valence-electron chi connectivity index (χ1n) is 6.88. The number of carbonyl (C=O) groups is 1. The zero-order valence-corrected chi connectivity index (χ0v) is 10.8. The average molecular weight is 246 g/mol. The predicted molar refractivity (Wildman–Crippen MR) is 74.2 cm³/mol. The SMILES string of the molecule is NC(=O)C(Nc1ccccc1)C1CCCCCC1. The van der Waals surface area contributed by atoms with Gasteiger partial charge in [-0.25, -0.2) is 0 Å². The van der Waals surface area contributed by atoms with Gasteiger partial charge in [0.05, 0.1) is 0 Å².